The van der Waals surface area contributed by atoms with E-state index in [1.165, 1.54) is 0 Å². The fourth-order valence-electron chi connectivity index (χ4n) is 2.78. The Morgan fingerprint density at radius 2 is 2.00 bits per heavy atom. The van der Waals surface area contributed by atoms with Crippen molar-refractivity contribution in [3.63, 3.8) is 0 Å². The fraction of sp³-hybridized carbons (Fsp3) is 0.316. The van der Waals surface area contributed by atoms with Gasteiger partial charge < -0.3 is 19.5 Å². The number of benzene rings is 2. The summed E-state index contributed by atoms with van der Waals surface area (Å²) in [6, 6.07) is 11.4. The molecule has 3 rings (SSSR count). The minimum Gasteiger partial charge on any atom is -0.496 e. The summed E-state index contributed by atoms with van der Waals surface area (Å²) in [6.07, 6.45) is 0.278. The molecule has 126 valence electrons. The van der Waals surface area contributed by atoms with Crippen molar-refractivity contribution in [2.75, 3.05) is 13.9 Å². The smallest absolute Gasteiger partial charge is 0.231 e. The van der Waals surface area contributed by atoms with Gasteiger partial charge in [-0.2, -0.15) is 0 Å². The summed E-state index contributed by atoms with van der Waals surface area (Å²) in [5, 5.41) is 3.02. The maximum absolute atomic E-state index is 12.4. The molecule has 2 aromatic carbocycles. The van der Waals surface area contributed by atoms with Crippen LogP contribution in [0.5, 0.6) is 17.2 Å². The number of rotatable bonds is 5. The molecule has 0 saturated carbocycles. The molecule has 0 spiro atoms. The van der Waals surface area contributed by atoms with Gasteiger partial charge >= 0.3 is 0 Å². The van der Waals surface area contributed by atoms with Crippen molar-refractivity contribution in [1.29, 1.82) is 0 Å². The number of methoxy groups -OCH3 is 1. The summed E-state index contributed by atoms with van der Waals surface area (Å²) >= 11 is 0. The number of hydrogen-bond acceptors (Lipinski definition) is 4. The van der Waals surface area contributed by atoms with E-state index in [0.717, 1.165) is 28.2 Å². The van der Waals surface area contributed by atoms with Crippen molar-refractivity contribution in [3.8, 4) is 17.2 Å². The maximum atomic E-state index is 12.4. The van der Waals surface area contributed by atoms with Gasteiger partial charge in [0.25, 0.3) is 0 Å². The van der Waals surface area contributed by atoms with E-state index in [-0.39, 0.29) is 25.2 Å². The van der Waals surface area contributed by atoms with Gasteiger partial charge in [-0.15, -0.1) is 0 Å². The number of carbonyl (C=O) groups excluding carboxylic acids is 1. The number of amides is 1. The van der Waals surface area contributed by atoms with Crippen LogP contribution in [0.25, 0.3) is 0 Å². The van der Waals surface area contributed by atoms with Crippen LogP contribution in [0.2, 0.25) is 0 Å². The van der Waals surface area contributed by atoms with Crippen LogP contribution in [0.3, 0.4) is 0 Å². The molecular formula is C19H21NO4. The largest absolute Gasteiger partial charge is 0.496 e. The van der Waals surface area contributed by atoms with E-state index in [1.807, 2.05) is 50.2 Å². The number of hydrogen-bond donors (Lipinski definition) is 1. The zero-order valence-electron chi connectivity index (χ0n) is 14.1. The predicted molar refractivity (Wildman–Crippen MR) is 90.6 cm³/mol. The average molecular weight is 327 g/mol. The minimum atomic E-state index is -0.122. The summed E-state index contributed by atoms with van der Waals surface area (Å²) in [5.41, 5.74) is 2.96. The minimum absolute atomic E-state index is 0.0518. The van der Waals surface area contributed by atoms with Crippen LogP contribution in [0.1, 0.15) is 29.7 Å². The summed E-state index contributed by atoms with van der Waals surface area (Å²) in [6.45, 7) is 4.19. The lowest BCUT2D eigenvalue weighted by Gasteiger charge is -2.16. The molecule has 0 aliphatic carbocycles. The lowest BCUT2D eigenvalue weighted by Crippen LogP contribution is -2.28. The van der Waals surface area contributed by atoms with Crippen molar-refractivity contribution in [2.24, 2.45) is 0 Å². The van der Waals surface area contributed by atoms with Crippen molar-refractivity contribution in [3.05, 3.63) is 53.1 Å². The second-order valence-corrected chi connectivity index (χ2v) is 5.89. The molecule has 1 unspecified atom stereocenters. The molecular weight excluding hydrogens is 306 g/mol. The van der Waals surface area contributed by atoms with Gasteiger partial charge in [-0.1, -0.05) is 23.8 Å². The first kappa shape index (κ1) is 16.2. The number of ether oxygens (including phenoxy) is 3. The van der Waals surface area contributed by atoms with Crippen LogP contribution in [-0.4, -0.2) is 19.8 Å². The molecule has 0 radical (unpaired) electrons. The van der Waals surface area contributed by atoms with E-state index >= 15 is 0 Å². The quantitative estimate of drug-likeness (QED) is 0.916. The van der Waals surface area contributed by atoms with Gasteiger partial charge in [0.05, 0.1) is 19.6 Å². The zero-order chi connectivity index (χ0) is 17.1. The normalized spacial score (nSPS) is 13.5. The van der Waals surface area contributed by atoms with Crippen molar-refractivity contribution in [2.45, 2.75) is 26.3 Å². The Morgan fingerprint density at radius 1 is 1.21 bits per heavy atom. The van der Waals surface area contributed by atoms with Gasteiger partial charge in [0, 0.05) is 5.56 Å². The number of aryl methyl sites for hydroxylation is 1. The highest BCUT2D eigenvalue weighted by Gasteiger charge is 2.17. The van der Waals surface area contributed by atoms with Crippen LogP contribution in [0.4, 0.5) is 0 Å². The molecule has 0 aromatic heterocycles. The third kappa shape index (κ3) is 3.45. The summed E-state index contributed by atoms with van der Waals surface area (Å²) in [4.78, 5) is 12.4. The van der Waals surface area contributed by atoms with Crippen LogP contribution in [0, 0.1) is 6.92 Å². The Bertz CT molecular complexity index is 757. The molecule has 1 atom stereocenters. The Morgan fingerprint density at radius 3 is 2.79 bits per heavy atom. The van der Waals surface area contributed by atoms with Gasteiger partial charge in [0.15, 0.2) is 11.5 Å². The molecule has 24 heavy (non-hydrogen) atoms. The first-order chi connectivity index (χ1) is 11.6. The van der Waals surface area contributed by atoms with Gasteiger partial charge in [0.2, 0.25) is 12.7 Å². The Hall–Kier alpha value is -2.69. The predicted octanol–water partition coefficient (Wildman–Crippen LogP) is 3.15. The maximum Gasteiger partial charge on any atom is 0.231 e. The van der Waals surface area contributed by atoms with Crippen molar-refractivity contribution >= 4 is 5.91 Å². The molecule has 1 heterocycles. The highest BCUT2D eigenvalue weighted by molar-refractivity contribution is 5.79. The lowest BCUT2D eigenvalue weighted by molar-refractivity contribution is -0.121. The number of carbonyl (C=O) groups is 1. The van der Waals surface area contributed by atoms with Gasteiger partial charge in [0.1, 0.15) is 5.75 Å². The van der Waals surface area contributed by atoms with Crippen molar-refractivity contribution < 1.29 is 19.0 Å². The highest BCUT2D eigenvalue weighted by atomic mass is 16.7. The highest BCUT2D eigenvalue weighted by Crippen LogP contribution is 2.34. The molecule has 2 aromatic rings. The van der Waals surface area contributed by atoms with E-state index in [0.29, 0.717) is 5.75 Å². The monoisotopic (exact) mass is 327 g/mol. The molecule has 1 amide bonds. The lowest BCUT2D eigenvalue weighted by atomic mass is 10.1. The summed E-state index contributed by atoms with van der Waals surface area (Å²) < 4.78 is 16.0. The van der Waals surface area contributed by atoms with E-state index in [9.17, 15) is 4.79 Å². The molecule has 0 fully saturated rings. The van der Waals surface area contributed by atoms with Crippen molar-refractivity contribution in [1.82, 2.24) is 5.32 Å². The van der Waals surface area contributed by atoms with Crippen LogP contribution in [0.15, 0.2) is 36.4 Å². The SMILES string of the molecule is COc1ccc(C)cc1CC(=O)NC(C)c1ccc2c(c1)OCO2. The van der Waals surface area contributed by atoms with Gasteiger partial charge in [-0.25, -0.2) is 0 Å². The Labute approximate surface area is 141 Å². The number of nitrogens with one attached hydrogen (secondary N) is 1. The first-order valence-electron chi connectivity index (χ1n) is 7.89. The summed E-state index contributed by atoms with van der Waals surface area (Å²) in [5.74, 6) is 2.13. The molecule has 0 bridgehead atoms. The zero-order valence-corrected chi connectivity index (χ0v) is 14.1. The van der Waals surface area contributed by atoms with E-state index in [4.69, 9.17) is 14.2 Å². The van der Waals surface area contributed by atoms with Gasteiger partial charge in [-0.05, 0) is 37.6 Å². The molecule has 5 nitrogen and oxygen atoms in total. The molecule has 1 aliphatic heterocycles. The molecule has 0 saturated heterocycles. The third-order valence-corrected chi connectivity index (χ3v) is 4.06. The second-order valence-electron chi connectivity index (χ2n) is 5.89. The fourth-order valence-corrected chi connectivity index (χ4v) is 2.78. The Balaban J connectivity index is 1.67. The first-order valence-corrected chi connectivity index (χ1v) is 7.89. The van der Waals surface area contributed by atoms with Crippen LogP contribution < -0.4 is 19.5 Å². The van der Waals surface area contributed by atoms with E-state index < -0.39 is 0 Å². The van der Waals surface area contributed by atoms with Crippen LogP contribution >= 0.6 is 0 Å². The number of fused-ring (bicyclic) bond motifs is 1. The standard InChI is InChI=1S/C19H21NO4/c1-12-4-6-16(22-3)15(8-12)10-19(21)20-13(2)14-5-7-17-18(9-14)24-11-23-17/h4-9,13H,10-11H2,1-3H3,(H,20,21). The molecule has 1 N–H and O–H groups in total. The van der Waals surface area contributed by atoms with Crippen LogP contribution in [-0.2, 0) is 11.2 Å². The molecule has 5 heteroatoms. The average Bonchev–Trinajstić information content (AvgIpc) is 3.02. The topological polar surface area (TPSA) is 56.8 Å². The molecule has 1 aliphatic rings. The third-order valence-electron chi connectivity index (χ3n) is 4.06. The summed E-state index contributed by atoms with van der Waals surface area (Å²) in [7, 11) is 1.61. The van der Waals surface area contributed by atoms with E-state index in [1.54, 1.807) is 7.11 Å². The second kappa shape index (κ2) is 6.83. The van der Waals surface area contributed by atoms with Gasteiger partial charge in [-0.3, -0.25) is 4.79 Å². The van der Waals surface area contributed by atoms with E-state index in [2.05, 4.69) is 5.32 Å². The Kier molecular flexibility index (Phi) is 4.60.